The number of amides is 1. The van der Waals surface area contributed by atoms with Crippen LogP contribution in [0.1, 0.15) is 15.4 Å². The molecule has 0 spiro atoms. The molecule has 110 valence electrons. The van der Waals surface area contributed by atoms with Crippen molar-refractivity contribution in [2.45, 2.75) is 6.92 Å². The van der Waals surface area contributed by atoms with Crippen molar-refractivity contribution in [3.05, 3.63) is 70.7 Å². The van der Waals surface area contributed by atoms with Crippen molar-refractivity contribution in [1.29, 1.82) is 0 Å². The summed E-state index contributed by atoms with van der Waals surface area (Å²) in [4.78, 5) is 17.0. The molecule has 0 saturated carbocycles. The highest BCUT2D eigenvalue weighted by atomic mass is 32.1. The summed E-state index contributed by atoms with van der Waals surface area (Å²) >= 11 is 1.32. The molecule has 1 amide bonds. The van der Waals surface area contributed by atoms with Gasteiger partial charge < -0.3 is 10.1 Å². The number of nitrogens with one attached hydrogen (secondary N) is 1. The van der Waals surface area contributed by atoms with Crippen molar-refractivity contribution in [1.82, 2.24) is 4.98 Å². The molecule has 0 bridgehead atoms. The van der Waals surface area contributed by atoms with Gasteiger partial charge in [-0.3, -0.25) is 4.79 Å². The van der Waals surface area contributed by atoms with Gasteiger partial charge in [0.05, 0.1) is 16.9 Å². The maximum Gasteiger partial charge on any atom is 0.267 e. The first-order valence-electron chi connectivity index (χ1n) is 6.77. The molecule has 5 heteroatoms. The van der Waals surface area contributed by atoms with Crippen LogP contribution in [0.2, 0.25) is 0 Å². The molecular formula is C17H14N2O2S. The first-order valence-corrected chi connectivity index (χ1v) is 7.65. The zero-order valence-corrected chi connectivity index (χ0v) is 12.8. The lowest BCUT2D eigenvalue weighted by Gasteiger charge is -2.11. The molecular weight excluding hydrogens is 296 g/mol. The highest BCUT2D eigenvalue weighted by Crippen LogP contribution is 2.29. The molecule has 4 nitrogen and oxygen atoms in total. The van der Waals surface area contributed by atoms with Gasteiger partial charge in [0.2, 0.25) is 0 Å². The predicted octanol–water partition coefficient (Wildman–Crippen LogP) is 4.50. The van der Waals surface area contributed by atoms with E-state index >= 15 is 0 Å². The molecule has 0 saturated heterocycles. The van der Waals surface area contributed by atoms with Crippen LogP contribution in [-0.4, -0.2) is 10.9 Å². The number of thiazole rings is 1. The molecule has 0 aliphatic heterocycles. The van der Waals surface area contributed by atoms with Gasteiger partial charge in [-0.25, -0.2) is 4.98 Å². The summed E-state index contributed by atoms with van der Waals surface area (Å²) in [7, 11) is 0. The number of para-hydroxylation sites is 3. The smallest absolute Gasteiger partial charge is 0.267 e. The number of ether oxygens (including phenoxy) is 1. The van der Waals surface area contributed by atoms with E-state index in [9.17, 15) is 4.79 Å². The number of benzene rings is 2. The van der Waals surface area contributed by atoms with Crippen LogP contribution in [0.3, 0.4) is 0 Å². The molecule has 0 aliphatic carbocycles. The van der Waals surface area contributed by atoms with E-state index in [1.807, 2.05) is 61.5 Å². The Balaban J connectivity index is 1.83. The summed E-state index contributed by atoms with van der Waals surface area (Å²) < 4.78 is 5.83. The molecule has 0 fully saturated rings. The first-order chi connectivity index (χ1) is 10.7. The van der Waals surface area contributed by atoms with Crippen molar-refractivity contribution >= 4 is 22.9 Å². The Morgan fingerprint density at radius 3 is 2.55 bits per heavy atom. The maximum atomic E-state index is 12.3. The minimum absolute atomic E-state index is 0.177. The molecule has 0 radical (unpaired) electrons. The van der Waals surface area contributed by atoms with Crippen molar-refractivity contribution in [2.75, 3.05) is 5.32 Å². The fraction of sp³-hybridized carbons (Fsp3) is 0.0588. The van der Waals surface area contributed by atoms with Gasteiger partial charge in [-0.2, -0.15) is 0 Å². The largest absolute Gasteiger partial charge is 0.455 e. The fourth-order valence-corrected chi connectivity index (χ4v) is 2.67. The number of hydrogen-bond donors (Lipinski definition) is 1. The average molecular weight is 310 g/mol. The minimum atomic E-state index is -0.177. The number of rotatable bonds is 4. The van der Waals surface area contributed by atoms with Gasteiger partial charge in [0.15, 0.2) is 5.75 Å². The number of aryl methyl sites for hydroxylation is 1. The van der Waals surface area contributed by atoms with Crippen LogP contribution in [0.15, 0.2) is 60.1 Å². The molecule has 1 aromatic heterocycles. The summed E-state index contributed by atoms with van der Waals surface area (Å²) in [6.45, 7) is 1.82. The van der Waals surface area contributed by atoms with Crippen molar-refractivity contribution in [2.24, 2.45) is 0 Å². The standard InChI is InChI=1S/C17H14N2O2S/c1-12-16(22-11-18-12)17(20)19-14-9-5-6-10-15(14)21-13-7-3-2-4-8-13/h2-11H,1H3,(H,19,20). The molecule has 3 rings (SSSR count). The van der Waals surface area contributed by atoms with Crippen molar-refractivity contribution in [3.8, 4) is 11.5 Å². The SMILES string of the molecule is Cc1ncsc1C(=O)Nc1ccccc1Oc1ccccc1. The lowest BCUT2D eigenvalue weighted by atomic mass is 10.2. The Hall–Kier alpha value is -2.66. The van der Waals surface area contributed by atoms with Crippen LogP contribution < -0.4 is 10.1 Å². The molecule has 0 unspecified atom stereocenters. The van der Waals surface area contributed by atoms with E-state index < -0.39 is 0 Å². The van der Waals surface area contributed by atoms with Crippen molar-refractivity contribution < 1.29 is 9.53 Å². The molecule has 2 aromatic carbocycles. The summed E-state index contributed by atoms with van der Waals surface area (Å²) in [6, 6.07) is 16.8. The molecule has 0 atom stereocenters. The lowest BCUT2D eigenvalue weighted by molar-refractivity contribution is 0.102. The van der Waals surface area contributed by atoms with E-state index in [-0.39, 0.29) is 5.91 Å². The summed E-state index contributed by atoms with van der Waals surface area (Å²) in [5.41, 5.74) is 3.02. The monoisotopic (exact) mass is 310 g/mol. The third-order valence-electron chi connectivity index (χ3n) is 3.06. The lowest BCUT2D eigenvalue weighted by Crippen LogP contribution is -2.12. The zero-order chi connectivity index (χ0) is 15.4. The Morgan fingerprint density at radius 2 is 1.82 bits per heavy atom. The summed E-state index contributed by atoms with van der Waals surface area (Å²) in [6.07, 6.45) is 0. The van der Waals surface area contributed by atoms with Crippen LogP contribution in [0.4, 0.5) is 5.69 Å². The molecule has 3 aromatic rings. The Morgan fingerprint density at radius 1 is 1.09 bits per heavy atom. The second kappa shape index (κ2) is 6.41. The van der Waals surface area contributed by atoms with Gasteiger partial charge in [0.1, 0.15) is 10.6 Å². The summed E-state index contributed by atoms with van der Waals surface area (Å²) in [5, 5.41) is 2.88. The van der Waals surface area contributed by atoms with Crippen LogP contribution in [0.25, 0.3) is 0 Å². The number of carbonyl (C=O) groups excluding carboxylic acids is 1. The second-order valence-electron chi connectivity index (χ2n) is 4.63. The number of aromatic nitrogens is 1. The molecule has 22 heavy (non-hydrogen) atoms. The third-order valence-corrected chi connectivity index (χ3v) is 3.99. The predicted molar refractivity (Wildman–Crippen MR) is 87.8 cm³/mol. The van der Waals surface area contributed by atoms with Gasteiger partial charge in [-0.15, -0.1) is 11.3 Å². The zero-order valence-electron chi connectivity index (χ0n) is 11.9. The van der Waals surface area contributed by atoms with E-state index in [1.165, 1.54) is 11.3 Å². The topological polar surface area (TPSA) is 51.2 Å². The third kappa shape index (κ3) is 3.15. The number of carbonyl (C=O) groups is 1. The van der Waals surface area contributed by atoms with Gasteiger partial charge in [0, 0.05) is 0 Å². The number of nitrogens with zero attached hydrogens (tertiary/aromatic N) is 1. The number of anilines is 1. The van der Waals surface area contributed by atoms with Crippen LogP contribution >= 0.6 is 11.3 Å². The van der Waals surface area contributed by atoms with E-state index in [0.29, 0.717) is 16.3 Å². The maximum absolute atomic E-state index is 12.3. The molecule has 0 aliphatic rings. The normalized spacial score (nSPS) is 10.2. The summed E-state index contributed by atoms with van der Waals surface area (Å²) in [5.74, 6) is 1.14. The fourth-order valence-electron chi connectivity index (χ4n) is 1.97. The van der Waals surface area contributed by atoms with Crippen LogP contribution in [0.5, 0.6) is 11.5 Å². The molecule has 1 heterocycles. The highest BCUT2D eigenvalue weighted by Gasteiger charge is 2.14. The quantitative estimate of drug-likeness (QED) is 0.772. The van der Waals surface area contributed by atoms with E-state index in [4.69, 9.17) is 4.74 Å². The first kappa shape index (κ1) is 14.3. The Bertz CT molecular complexity index is 784. The van der Waals surface area contributed by atoms with Crippen LogP contribution in [0, 0.1) is 6.92 Å². The van der Waals surface area contributed by atoms with Gasteiger partial charge in [-0.1, -0.05) is 30.3 Å². The molecule has 1 N–H and O–H groups in total. The Labute approximate surface area is 132 Å². The van der Waals surface area contributed by atoms with E-state index in [0.717, 1.165) is 11.4 Å². The van der Waals surface area contributed by atoms with Crippen molar-refractivity contribution in [3.63, 3.8) is 0 Å². The second-order valence-corrected chi connectivity index (χ2v) is 5.49. The van der Waals surface area contributed by atoms with Gasteiger partial charge >= 0.3 is 0 Å². The Kier molecular flexibility index (Phi) is 4.16. The minimum Gasteiger partial charge on any atom is -0.455 e. The van der Waals surface area contributed by atoms with E-state index in [1.54, 1.807) is 5.51 Å². The average Bonchev–Trinajstić information content (AvgIpc) is 2.96. The van der Waals surface area contributed by atoms with E-state index in [2.05, 4.69) is 10.3 Å². The number of hydrogen-bond acceptors (Lipinski definition) is 4. The highest BCUT2D eigenvalue weighted by molar-refractivity contribution is 7.12. The van der Waals surface area contributed by atoms with Crippen LogP contribution in [-0.2, 0) is 0 Å². The van der Waals surface area contributed by atoms with Gasteiger partial charge in [0.25, 0.3) is 5.91 Å². The van der Waals surface area contributed by atoms with Gasteiger partial charge in [-0.05, 0) is 31.2 Å².